The summed E-state index contributed by atoms with van der Waals surface area (Å²) in [6.07, 6.45) is 8.41. The topological polar surface area (TPSA) is 75.9 Å². The molecule has 0 amide bonds. The van der Waals surface area contributed by atoms with Crippen LogP contribution in [0.25, 0.3) is 5.69 Å². The highest BCUT2D eigenvalue weighted by molar-refractivity contribution is 5.34. The van der Waals surface area contributed by atoms with Gasteiger partial charge in [-0.3, -0.25) is 0 Å². The van der Waals surface area contributed by atoms with E-state index in [-0.39, 0.29) is 6.10 Å². The first kappa shape index (κ1) is 17.0. The molecule has 2 aromatic rings. The van der Waals surface area contributed by atoms with Gasteiger partial charge in [-0.25, -0.2) is 4.68 Å². The Morgan fingerprint density at radius 1 is 1.25 bits per heavy atom. The minimum absolute atomic E-state index is 0.0741. The normalized spacial score (nSPS) is 22.4. The predicted octanol–water partition coefficient (Wildman–Crippen LogP) is 2.64. The van der Waals surface area contributed by atoms with Crippen molar-refractivity contribution in [3.8, 4) is 5.69 Å². The molecular formula is C18H27N5O. The molecule has 1 aromatic heterocycles. The third kappa shape index (κ3) is 4.39. The molecule has 3 unspecified atom stereocenters. The number of hydrogen-bond donors (Lipinski definition) is 2. The maximum absolute atomic E-state index is 10.0. The quantitative estimate of drug-likeness (QED) is 0.764. The lowest BCUT2D eigenvalue weighted by atomic mass is 9.83. The van der Waals surface area contributed by atoms with E-state index >= 15 is 0 Å². The number of aliphatic hydroxyl groups excluding tert-OH is 1. The Morgan fingerprint density at radius 3 is 2.75 bits per heavy atom. The van der Waals surface area contributed by atoms with Crippen LogP contribution < -0.4 is 5.32 Å². The number of nitrogens with zero attached hydrogens (tertiary/aromatic N) is 4. The SMILES string of the molecule is CC(NCCCC1CCCCC1O)c1ccc(-n2cnnn2)cc1. The number of aliphatic hydroxyl groups is 1. The fourth-order valence-corrected chi connectivity index (χ4v) is 3.52. The van der Waals surface area contributed by atoms with Crippen LogP contribution in [0.1, 0.15) is 57.1 Å². The van der Waals surface area contributed by atoms with Crippen molar-refractivity contribution in [3.63, 3.8) is 0 Å². The van der Waals surface area contributed by atoms with Gasteiger partial charge in [0.1, 0.15) is 6.33 Å². The van der Waals surface area contributed by atoms with E-state index in [4.69, 9.17) is 0 Å². The van der Waals surface area contributed by atoms with Crippen molar-refractivity contribution >= 4 is 0 Å². The molecule has 0 spiro atoms. The molecule has 1 fully saturated rings. The zero-order valence-electron chi connectivity index (χ0n) is 14.3. The van der Waals surface area contributed by atoms with Crippen molar-refractivity contribution in [1.82, 2.24) is 25.5 Å². The number of aromatic nitrogens is 4. The second-order valence-corrected chi connectivity index (χ2v) is 6.78. The van der Waals surface area contributed by atoms with Crippen LogP contribution in [0.4, 0.5) is 0 Å². The molecule has 3 rings (SSSR count). The van der Waals surface area contributed by atoms with E-state index in [1.807, 2.05) is 12.1 Å². The van der Waals surface area contributed by atoms with E-state index in [1.54, 1.807) is 11.0 Å². The molecule has 1 saturated carbocycles. The highest BCUT2D eigenvalue weighted by atomic mass is 16.3. The Balaban J connectivity index is 1.42. The molecule has 0 saturated heterocycles. The van der Waals surface area contributed by atoms with Crippen molar-refractivity contribution < 1.29 is 5.11 Å². The average molecular weight is 329 g/mol. The predicted molar refractivity (Wildman–Crippen MR) is 92.8 cm³/mol. The second kappa shape index (κ2) is 8.35. The Morgan fingerprint density at radius 2 is 2.04 bits per heavy atom. The van der Waals surface area contributed by atoms with Gasteiger partial charge in [0.05, 0.1) is 11.8 Å². The first-order valence-corrected chi connectivity index (χ1v) is 8.99. The molecule has 1 aliphatic carbocycles. The first-order chi connectivity index (χ1) is 11.7. The molecule has 1 aliphatic rings. The molecule has 3 atom stereocenters. The molecule has 130 valence electrons. The van der Waals surface area contributed by atoms with Gasteiger partial charge in [0.15, 0.2) is 0 Å². The van der Waals surface area contributed by atoms with Crippen molar-refractivity contribution in [1.29, 1.82) is 0 Å². The highest BCUT2D eigenvalue weighted by Gasteiger charge is 2.22. The standard InChI is InChI=1S/C18H27N5O/c1-14(19-12-4-6-16-5-2-3-7-18(16)24)15-8-10-17(11-9-15)23-13-20-21-22-23/h8-11,13-14,16,18-19,24H,2-7,12H2,1H3. The summed E-state index contributed by atoms with van der Waals surface area (Å²) >= 11 is 0. The van der Waals surface area contributed by atoms with Crippen LogP contribution in [-0.4, -0.2) is 38.0 Å². The van der Waals surface area contributed by atoms with Gasteiger partial charge in [-0.1, -0.05) is 25.0 Å². The third-order valence-electron chi connectivity index (χ3n) is 5.08. The summed E-state index contributed by atoms with van der Waals surface area (Å²) in [6, 6.07) is 8.59. The number of rotatable bonds is 7. The zero-order chi connectivity index (χ0) is 16.8. The van der Waals surface area contributed by atoms with Crippen LogP contribution in [0.5, 0.6) is 0 Å². The van der Waals surface area contributed by atoms with Gasteiger partial charge in [0, 0.05) is 6.04 Å². The van der Waals surface area contributed by atoms with Crippen molar-refractivity contribution in [3.05, 3.63) is 36.2 Å². The smallest absolute Gasteiger partial charge is 0.143 e. The molecule has 6 nitrogen and oxygen atoms in total. The monoisotopic (exact) mass is 329 g/mol. The number of hydrogen-bond acceptors (Lipinski definition) is 5. The van der Waals surface area contributed by atoms with Gasteiger partial charge in [-0.05, 0) is 73.2 Å². The van der Waals surface area contributed by atoms with Crippen LogP contribution in [0.3, 0.4) is 0 Å². The van der Waals surface area contributed by atoms with Crippen molar-refractivity contribution in [2.45, 2.75) is 57.6 Å². The minimum atomic E-state index is -0.0741. The Hall–Kier alpha value is -1.79. The molecule has 2 N–H and O–H groups in total. The van der Waals surface area contributed by atoms with Crippen LogP contribution in [0.2, 0.25) is 0 Å². The summed E-state index contributed by atoms with van der Waals surface area (Å²) in [6.45, 7) is 3.17. The van der Waals surface area contributed by atoms with E-state index in [1.165, 1.54) is 24.8 Å². The molecule has 0 bridgehead atoms. The lowest BCUT2D eigenvalue weighted by molar-refractivity contribution is 0.0642. The van der Waals surface area contributed by atoms with Crippen LogP contribution in [-0.2, 0) is 0 Å². The van der Waals surface area contributed by atoms with E-state index < -0.39 is 0 Å². The number of nitrogens with one attached hydrogen (secondary N) is 1. The molecule has 1 aromatic carbocycles. The van der Waals surface area contributed by atoms with Gasteiger partial charge in [0.25, 0.3) is 0 Å². The lowest BCUT2D eigenvalue weighted by Gasteiger charge is -2.27. The zero-order valence-corrected chi connectivity index (χ0v) is 14.3. The van der Waals surface area contributed by atoms with E-state index in [0.29, 0.717) is 12.0 Å². The maximum atomic E-state index is 10.0. The number of tetrazole rings is 1. The highest BCUT2D eigenvalue weighted by Crippen LogP contribution is 2.27. The fourth-order valence-electron chi connectivity index (χ4n) is 3.52. The van der Waals surface area contributed by atoms with Gasteiger partial charge < -0.3 is 10.4 Å². The number of benzene rings is 1. The average Bonchev–Trinajstić information content (AvgIpc) is 3.15. The van der Waals surface area contributed by atoms with Gasteiger partial charge in [-0.15, -0.1) is 5.10 Å². The summed E-state index contributed by atoms with van der Waals surface area (Å²) in [7, 11) is 0. The maximum Gasteiger partial charge on any atom is 0.143 e. The second-order valence-electron chi connectivity index (χ2n) is 6.78. The van der Waals surface area contributed by atoms with Crippen molar-refractivity contribution in [2.75, 3.05) is 6.54 Å². The Labute approximate surface area is 143 Å². The summed E-state index contributed by atoms with van der Waals surface area (Å²) < 4.78 is 1.65. The third-order valence-corrected chi connectivity index (χ3v) is 5.08. The van der Waals surface area contributed by atoms with E-state index in [0.717, 1.165) is 31.5 Å². The summed E-state index contributed by atoms with van der Waals surface area (Å²) in [5.74, 6) is 0.506. The van der Waals surface area contributed by atoms with Crippen LogP contribution >= 0.6 is 0 Å². The summed E-state index contributed by atoms with van der Waals surface area (Å²) in [4.78, 5) is 0. The Kier molecular flexibility index (Phi) is 5.93. The molecule has 0 radical (unpaired) electrons. The van der Waals surface area contributed by atoms with E-state index in [9.17, 15) is 5.11 Å². The van der Waals surface area contributed by atoms with Crippen LogP contribution in [0.15, 0.2) is 30.6 Å². The fraction of sp³-hybridized carbons (Fsp3) is 0.611. The molecular weight excluding hydrogens is 302 g/mol. The minimum Gasteiger partial charge on any atom is -0.393 e. The van der Waals surface area contributed by atoms with Gasteiger partial charge in [0.2, 0.25) is 0 Å². The molecule has 1 heterocycles. The van der Waals surface area contributed by atoms with Crippen molar-refractivity contribution in [2.24, 2.45) is 5.92 Å². The molecule has 0 aliphatic heterocycles. The van der Waals surface area contributed by atoms with Crippen LogP contribution in [0, 0.1) is 5.92 Å². The first-order valence-electron chi connectivity index (χ1n) is 8.99. The van der Waals surface area contributed by atoms with E-state index in [2.05, 4.69) is 39.9 Å². The Bertz CT molecular complexity index is 598. The molecule has 6 heteroatoms. The largest absolute Gasteiger partial charge is 0.393 e. The molecule has 24 heavy (non-hydrogen) atoms. The summed E-state index contributed by atoms with van der Waals surface area (Å²) in [5, 5.41) is 24.8. The lowest BCUT2D eigenvalue weighted by Crippen LogP contribution is -2.26. The van der Waals surface area contributed by atoms with Gasteiger partial charge in [-0.2, -0.15) is 0 Å². The summed E-state index contributed by atoms with van der Waals surface area (Å²) in [5.41, 5.74) is 2.21. The van der Waals surface area contributed by atoms with Gasteiger partial charge >= 0.3 is 0 Å².